The summed E-state index contributed by atoms with van der Waals surface area (Å²) in [6.45, 7) is -0.824. The Balaban J connectivity index is -0.00000156. The van der Waals surface area contributed by atoms with Crippen molar-refractivity contribution >= 4 is 21.5 Å². The number of nitrogens with two attached hydrogens (primary N) is 1. The number of aliphatic hydroxyl groups excluding tert-OH is 1. The molecular formula is C9H14N3Na3O11P2. The summed E-state index contributed by atoms with van der Waals surface area (Å²) in [7, 11) is -11.2. The second kappa shape index (κ2) is 14.1. The first-order valence-corrected chi connectivity index (χ1v) is 9.26. The minimum atomic E-state index is -5.80. The molecule has 28 heavy (non-hydrogen) atoms. The Labute approximate surface area is 225 Å². The van der Waals surface area contributed by atoms with E-state index in [1.54, 1.807) is 0 Å². The average molecular weight is 471 g/mol. The number of ether oxygens (including phenoxy) is 1. The zero-order chi connectivity index (χ0) is 18.1. The third-order valence-corrected chi connectivity index (χ3v) is 5.03. The van der Waals surface area contributed by atoms with Crippen LogP contribution in [-0.2, 0) is 22.7 Å². The van der Waals surface area contributed by atoms with Gasteiger partial charge in [-0.1, -0.05) is 0 Å². The van der Waals surface area contributed by atoms with E-state index in [4.69, 9.17) is 10.5 Å². The van der Waals surface area contributed by atoms with Gasteiger partial charge < -0.3 is 44.8 Å². The molecule has 5 N–H and O–H groups in total. The fourth-order valence-electron chi connectivity index (χ4n) is 1.99. The van der Waals surface area contributed by atoms with E-state index in [2.05, 4.69) is 13.8 Å². The van der Waals surface area contributed by atoms with Gasteiger partial charge in [-0.25, -0.2) is 4.79 Å². The molecule has 0 radical (unpaired) electrons. The maximum atomic E-state index is 11.7. The molecule has 14 nitrogen and oxygen atoms in total. The topological polar surface area (TPSA) is 244 Å². The molecule has 0 saturated carbocycles. The molecule has 1 aromatic rings. The minimum Gasteiger partial charge on any atom is -0.790 e. The molecule has 4 unspecified atom stereocenters. The van der Waals surface area contributed by atoms with Crippen LogP contribution in [0.5, 0.6) is 0 Å². The maximum absolute atomic E-state index is 11.7. The van der Waals surface area contributed by atoms with E-state index in [0.29, 0.717) is 0 Å². The Morgan fingerprint density at radius 3 is 2.39 bits per heavy atom. The fourth-order valence-corrected chi connectivity index (χ4v) is 3.49. The molecule has 2 heterocycles. The molecule has 1 saturated heterocycles. The Kier molecular flexibility index (Phi) is 17.3. The normalized spacial score (nSPS) is 23.2. The Morgan fingerprint density at radius 1 is 1.32 bits per heavy atom. The number of nitrogen functional groups attached to an aromatic ring is 1. The number of hydrogen-bond acceptors (Lipinski definition) is 12. The second-order valence-electron chi connectivity index (χ2n) is 4.75. The molecule has 1 aliphatic rings. The van der Waals surface area contributed by atoms with Gasteiger partial charge in [-0.3, -0.25) is 13.4 Å². The minimum absolute atomic E-state index is 0. The third kappa shape index (κ3) is 10.9. The number of aliphatic hydroxyl groups is 1. The molecule has 0 amide bonds. The number of phosphoric acid groups is 2. The zero-order valence-corrected chi connectivity index (χ0v) is 23.1. The molecule has 2 rings (SSSR count). The van der Waals surface area contributed by atoms with E-state index < -0.39 is 46.4 Å². The SMILES string of the molecule is Nc1ccn(C2CC(O)C(COP(=O)([O-])OP(=O)([O-])[O-])O2)c(=O)n1.O.[Na+].[Na+].[Na+]. The number of hydrogen-bond donors (Lipinski definition) is 2. The summed E-state index contributed by atoms with van der Waals surface area (Å²) in [5.74, 6) is -0.0150. The van der Waals surface area contributed by atoms with Gasteiger partial charge in [-0.2, -0.15) is 4.98 Å². The van der Waals surface area contributed by atoms with Crippen LogP contribution in [0.25, 0.3) is 0 Å². The van der Waals surface area contributed by atoms with Crippen molar-refractivity contribution in [2.75, 3.05) is 12.3 Å². The molecule has 144 valence electrons. The van der Waals surface area contributed by atoms with E-state index in [0.717, 1.165) is 4.57 Å². The first-order valence-electron chi connectivity index (χ1n) is 6.34. The van der Waals surface area contributed by atoms with Crippen LogP contribution >= 0.6 is 15.6 Å². The second-order valence-corrected chi connectivity index (χ2v) is 7.45. The standard InChI is InChI=1S/C9H15N3O10P2.3Na.H2O/c10-7-1-2-12(9(14)11-7)8-3-5(13)6(21-8)4-20-24(18,19)22-23(15,16)17;;;;/h1-2,5-6,8,13H,3-4H2,(H,18,19)(H2,10,11,14)(H2,15,16,17);;;;1H2/q;3*+1;/p-3. The number of anilines is 1. The van der Waals surface area contributed by atoms with Crippen molar-refractivity contribution in [2.24, 2.45) is 0 Å². The van der Waals surface area contributed by atoms with Gasteiger partial charge in [0.2, 0.25) is 0 Å². The molecule has 4 atom stereocenters. The van der Waals surface area contributed by atoms with Gasteiger partial charge in [0.15, 0.2) is 0 Å². The molecule has 0 aromatic carbocycles. The van der Waals surface area contributed by atoms with Crippen LogP contribution < -0.4 is 115 Å². The van der Waals surface area contributed by atoms with Gasteiger partial charge in [0.05, 0.1) is 20.5 Å². The van der Waals surface area contributed by atoms with Crippen LogP contribution in [0.15, 0.2) is 17.1 Å². The van der Waals surface area contributed by atoms with Crippen molar-refractivity contribution in [3.63, 3.8) is 0 Å². The van der Waals surface area contributed by atoms with Gasteiger partial charge in [-0.15, -0.1) is 0 Å². The number of phosphoric ester groups is 1. The number of aromatic nitrogens is 2. The van der Waals surface area contributed by atoms with E-state index in [-0.39, 0.29) is 106 Å². The summed E-state index contributed by atoms with van der Waals surface area (Å²) in [5, 5.41) is 9.82. The summed E-state index contributed by atoms with van der Waals surface area (Å²) in [5.41, 5.74) is 4.59. The molecule has 0 bridgehead atoms. The Morgan fingerprint density at radius 2 is 1.89 bits per heavy atom. The molecule has 0 aliphatic carbocycles. The van der Waals surface area contributed by atoms with Crippen LogP contribution in [0.1, 0.15) is 12.6 Å². The van der Waals surface area contributed by atoms with Crippen molar-refractivity contribution in [1.82, 2.24) is 9.55 Å². The van der Waals surface area contributed by atoms with Gasteiger partial charge >= 0.3 is 94.4 Å². The molecule has 1 aromatic heterocycles. The van der Waals surface area contributed by atoms with Crippen LogP contribution in [-0.4, -0.2) is 38.9 Å². The summed E-state index contributed by atoms with van der Waals surface area (Å²) < 4.78 is 35.2. The van der Waals surface area contributed by atoms with Gasteiger partial charge in [0, 0.05) is 12.6 Å². The molecule has 1 fully saturated rings. The van der Waals surface area contributed by atoms with Crippen LogP contribution in [0, 0.1) is 0 Å². The monoisotopic (exact) mass is 471 g/mol. The average Bonchev–Trinajstić information content (AvgIpc) is 2.75. The van der Waals surface area contributed by atoms with E-state index >= 15 is 0 Å². The predicted octanol–water partition coefficient (Wildman–Crippen LogP) is -13.0. The van der Waals surface area contributed by atoms with Gasteiger partial charge in [0.25, 0.3) is 7.82 Å². The first-order chi connectivity index (χ1) is 11.0. The maximum Gasteiger partial charge on any atom is 1.00 e. The van der Waals surface area contributed by atoms with Gasteiger partial charge in [0.1, 0.15) is 18.1 Å². The summed E-state index contributed by atoms with van der Waals surface area (Å²) in [6.07, 6.45) is -2.23. The van der Waals surface area contributed by atoms with Crippen LogP contribution in [0.4, 0.5) is 5.82 Å². The van der Waals surface area contributed by atoms with Crippen molar-refractivity contribution in [2.45, 2.75) is 24.9 Å². The first kappa shape index (κ1) is 34.4. The van der Waals surface area contributed by atoms with E-state index in [1.807, 2.05) is 0 Å². The smallest absolute Gasteiger partial charge is 0.790 e. The number of rotatable bonds is 6. The molecule has 0 spiro atoms. The molecule has 19 heteroatoms. The van der Waals surface area contributed by atoms with E-state index in [1.165, 1.54) is 12.3 Å². The quantitative estimate of drug-likeness (QED) is 0.290. The van der Waals surface area contributed by atoms with Crippen molar-refractivity contribution < 1.29 is 137 Å². The summed E-state index contributed by atoms with van der Waals surface area (Å²) in [6, 6.07) is 1.32. The van der Waals surface area contributed by atoms with Crippen LogP contribution in [0.2, 0.25) is 0 Å². The van der Waals surface area contributed by atoms with Gasteiger partial charge in [-0.05, 0) is 6.07 Å². The summed E-state index contributed by atoms with van der Waals surface area (Å²) in [4.78, 5) is 46.8. The molecular weight excluding hydrogens is 457 g/mol. The Bertz CT molecular complexity index is 762. The zero-order valence-electron chi connectivity index (χ0n) is 15.3. The fraction of sp³-hybridized carbons (Fsp3) is 0.556. The number of nitrogens with zero attached hydrogens (tertiary/aromatic N) is 2. The summed E-state index contributed by atoms with van der Waals surface area (Å²) >= 11 is 0. The predicted molar refractivity (Wildman–Crippen MR) is 73.3 cm³/mol. The van der Waals surface area contributed by atoms with Crippen molar-refractivity contribution in [3.8, 4) is 0 Å². The largest absolute Gasteiger partial charge is 1.00 e. The van der Waals surface area contributed by atoms with Crippen molar-refractivity contribution in [3.05, 3.63) is 22.7 Å². The molecule has 1 aliphatic heterocycles. The Hall–Kier alpha value is 1.82. The van der Waals surface area contributed by atoms with Crippen LogP contribution in [0.3, 0.4) is 0 Å². The van der Waals surface area contributed by atoms with Crippen molar-refractivity contribution in [1.29, 1.82) is 0 Å². The third-order valence-electron chi connectivity index (χ3n) is 2.96. The van der Waals surface area contributed by atoms with E-state index in [9.17, 15) is 33.7 Å².